The molecule has 0 atom stereocenters. The third-order valence-corrected chi connectivity index (χ3v) is 3.14. The van der Waals surface area contributed by atoms with Crippen molar-refractivity contribution in [3.63, 3.8) is 0 Å². The maximum absolute atomic E-state index is 12.4. The number of phenolic OH excluding ortho intramolecular Hbond substituents is 1. The molecule has 0 aromatic heterocycles. The van der Waals surface area contributed by atoms with Crippen molar-refractivity contribution in [1.82, 2.24) is 0 Å². The molecule has 0 amide bonds. The van der Waals surface area contributed by atoms with Crippen molar-refractivity contribution in [1.29, 1.82) is 5.39 Å². The monoisotopic (exact) mass is 251 g/mol. The first kappa shape index (κ1) is 11.1. The molecule has 0 saturated heterocycles. The number of diazo groups is 1. The lowest BCUT2D eigenvalue weighted by Gasteiger charge is -2.15. The molecule has 0 aliphatic heterocycles. The highest BCUT2D eigenvalue weighted by atomic mass is 16.3. The van der Waals surface area contributed by atoms with Crippen LogP contribution in [0.5, 0.6) is 5.75 Å². The summed E-state index contributed by atoms with van der Waals surface area (Å²) in [5, 5.41) is 18.5. The number of rotatable bonds is 0. The van der Waals surface area contributed by atoms with Crippen molar-refractivity contribution in [2.45, 2.75) is 0 Å². The Morgan fingerprint density at radius 1 is 0.895 bits per heavy atom. The Morgan fingerprint density at radius 3 is 2.16 bits per heavy atom. The highest BCUT2D eigenvalue weighted by Gasteiger charge is 2.37. The van der Waals surface area contributed by atoms with Gasteiger partial charge < -0.3 is 5.11 Å². The number of aromatic hydroxyl groups is 1. The second kappa shape index (κ2) is 3.75. The molecule has 19 heavy (non-hydrogen) atoms. The third kappa shape index (κ3) is 1.37. The molecule has 0 fully saturated rings. The van der Waals surface area contributed by atoms with E-state index in [9.17, 15) is 14.7 Å². The standard InChI is InChI=1S/C14H6N2O3/c15-16-12-10(17)6-5-9-11(12)14(19)8-4-2-1-3-7(8)13(9)18/h1-6H/p+1. The molecule has 0 unspecified atom stereocenters. The second-order valence-corrected chi connectivity index (χ2v) is 4.16. The molecule has 0 radical (unpaired) electrons. The molecular formula is C14H7N2O3+. The fourth-order valence-electron chi connectivity index (χ4n) is 2.26. The van der Waals surface area contributed by atoms with Gasteiger partial charge in [-0.15, -0.1) is 0 Å². The lowest BCUT2D eigenvalue weighted by molar-refractivity contribution is 0.0979. The minimum absolute atomic E-state index is 0.0637. The van der Waals surface area contributed by atoms with Crippen LogP contribution in [0.2, 0.25) is 0 Å². The van der Waals surface area contributed by atoms with Gasteiger partial charge in [-0.1, -0.05) is 24.3 Å². The zero-order chi connectivity index (χ0) is 13.6. The number of nitrogens with zero attached hydrogens (tertiary/aromatic N) is 2. The number of ketones is 2. The maximum Gasteiger partial charge on any atom is 0.437 e. The van der Waals surface area contributed by atoms with E-state index in [1.54, 1.807) is 18.2 Å². The molecule has 2 aromatic carbocycles. The van der Waals surface area contributed by atoms with Crippen molar-refractivity contribution in [3.8, 4) is 5.75 Å². The molecule has 2 aromatic rings. The summed E-state index contributed by atoms with van der Waals surface area (Å²) in [6.07, 6.45) is 0. The number of benzene rings is 2. The lowest BCUT2D eigenvalue weighted by atomic mass is 9.83. The van der Waals surface area contributed by atoms with Gasteiger partial charge in [-0.05, 0) is 12.1 Å². The van der Waals surface area contributed by atoms with Gasteiger partial charge in [-0.3, -0.25) is 9.59 Å². The van der Waals surface area contributed by atoms with Crippen LogP contribution in [0, 0.1) is 5.39 Å². The summed E-state index contributed by atoms with van der Waals surface area (Å²) >= 11 is 0. The molecule has 1 aliphatic rings. The Kier molecular flexibility index (Phi) is 2.19. The molecule has 1 aliphatic carbocycles. The van der Waals surface area contributed by atoms with E-state index < -0.39 is 5.78 Å². The van der Waals surface area contributed by atoms with Crippen molar-refractivity contribution in [3.05, 3.63) is 63.6 Å². The van der Waals surface area contributed by atoms with Gasteiger partial charge in [0.1, 0.15) is 5.56 Å². The fraction of sp³-hybridized carbons (Fsp3) is 0. The highest BCUT2D eigenvalue weighted by Crippen LogP contribution is 2.38. The molecular weight excluding hydrogens is 244 g/mol. The summed E-state index contributed by atoms with van der Waals surface area (Å²) in [6.45, 7) is 0. The van der Waals surface area contributed by atoms with E-state index in [-0.39, 0.29) is 33.9 Å². The zero-order valence-electron chi connectivity index (χ0n) is 9.62. The van der Waals surface area contributed by atoms with Gasteiger partial charge in [0.15, 0.2) is 10.8 Å². The van der Waals surface area contributed by atoms with Gasteiger partial charge in [-0.2, -0.15) is 0 Å². The van der Waals surface area contributed by atoms with Gasteiger partial charge in [0, 0.05) is 16.7 Å². The Balaban J connectivity index is 2.40. The Morgan fingerprint density at radius 2 is 1.53 bits per heavy atom. The van der Waals surface area contributed by atoms with Crippen LogP contribution >= 0.6 is 0 Å². The SMILES string of the molecule is N#[N+]c1c(O)ccc2c1C(=O)c1ccccc1C2=O. The number of phenols is 1. The van der Waals surface area contributed by atoms with Crippen LogP contribution in [-0.4, -0.2) is 16.7 Å². The number of hydrogen-bond acceptors (Lipinski definition) is 4. The average molecular weight is 251 g/mol. The van der Waals surface area contributed by atoms with E-state index in [1.165, 1.54) is 18.2 Å². The smallest absolute Gasteiger partial charge is 0.437 e. The first-order valence-electron chi connectivity index (χ1n) is 5.54. The predicted octanol–water partition coefficient (Wildman–Crippen LogP) is 2.65. The number of fused-ring (bicyclic) bond motifs is 2. The summed E-state index contributed by atoms with van der Waals surface area (Å²) in [5.41, 5.74) is 0.357. The molecule has 90 valence electrons. The summed E-state index contributed by atoms with van der Waals surface area (Å²) in [7, 11) is 0. The Labute approximate surface area is 107 Å². The van der Waals surface area contributed by atoms with E-state index in [0.717, 1.165) is 0 Å². The van der Waals surface area contributed by atoms with Crippen molar-refractivity contribution >= 4 is 17.3 Å². The van der Waals surface area contributed by atoms with Gasteiger partial charge in [-0.25, -0.2) is 0 Å². The number of carbonyl (C=O) groups excluding carboxylic acids is 2. The van der Waals surface area contributed by atoms with E-state index in [4.69, 9.17) is 5.39 Å². The average Bonchev–Trinajstić information content (AvgIpc) is 2.44. The van der Waals surface area contributed by atoms with Gasteiger partial charge >= 0.3 is 5.69 Å². The Hall–Kier alpha value is -3.00. The van der Waals surface area contributed by atoms with Crippen molar-refractivity contribution in [2.24, 2.45) is 0 Å². The van der Waals surface area contributed by atoms with Crippen LogP contribution in [0.4, 0.5) is 5.69 Å². The number of carbonyl (C=O) groups is 2. The van der Waals surface area contributed by atoms with Crippen LogP contribution in [0.1, 0.15) is 31.8 Å². The molecule has 0 saturated carbocycles. The lowest BCUT2D eigenvalue weighted by Crippen LogP contribution is -2.20. The first-order valence-corrected chi connectivity index (χ1v) is 5.54. The van der Waals surface area contributed by atoms with Gasteiger partial charge in [0.05, 0.1) is 0 Å². The molecule has 5 nitrogen and oxygen atoms in total. The summed E-state index contributed by atoms with van der Waals surface area (Å²) in [6, 6.07) is 9.01. The van der Waals surface area contributed by atoms with Crippen LogP contribution in [0.3, 0.4) is 0 Å². The van der Waals surface area contributed by atoms with Gasteiger partial charge in [0.2, 0.25) is 16.9 Å². The van der Waals surface area contributed by atoms with Crippen molar-refractivity contribution in [2.75, 3.05) is 0 Å². The fourth-order valence-corrected chi connectivity index (χ4v) is 2.26. The molecule has 3 rings (SSSR count). The minimum atomic E-state index is -0.436. The molecule has 1 N–H and O–H groups in total. The van der Waals surface area contributed by atoms with E-state index >= 15 is 0 Å². The molecule has 0 spiro atoms. The second-order valence-electron chi connectivity index (χ2n) is 4.16. The zero-order valence-corrected chi connectivity index (χ0v) is 9.62. The summed E-state index contributed by atoms with van der Waals surface area (Å²) in [4.78, 5) is 27.5. The molecule has 0 bridgehead atoms. The number of hydrogen-bond donors (Lipinski definition) is 1. The first-order chi connectivity index (χ1) is 9.15. The predicted molar refractivity (Wildman–Crippen MR) is 66.2 cm³/mol. The quantitative estimate of drug-likeness (QED) is 0.622. The third-order valence-electron chi connectivity index (χ3n) is 3.14. The molecule has 5 heteroatoms. The van der Waals surface area contributed by atoms with Crippen molar-refractivity contribution < 1.29 is 14.7 Å². The van der Waals surface area contributed by atoms with Crippen LogP contribution in [0.15, 0.2) is 36.4 Å². The van der Waals surface area contributed by atoms with Crippen LogP contribution in [0.25, 0.3) is 4.98 Å². The maximum atomic E-state index is 12.4. The van der Waals surface area contributed by atoms with Crippen LogP contribution in [-0.2, 0) is 0 Å². The highest BCUT2D eigenvalue weighted by molar-refractivity contribution is 6.30. The molecule has 0 heterocycles. The normalized spacial score (nSPS) is 12.6. The summed E-state index contributed by atoms with van der Waals surface area (Å²) in [5.74, 6) is -1.11. The van der Waals surface area contributed by atoms with E-state index in [0.29, 0.717) is 5.56 Å². The van der Waals surface area contributed by atoms with Crippen LogP contribution < -0.4 is 0 Å². The van der Waals surface area contributed by atoms with E-state index in [2.05, 4.69) is 4.98 Å². The minimum Gasteiger partial charge on any atom is -0.501 e. The Bertz CT molecular complexity index is 788. The topological polar surface area (TPSA) is 82.5 Å². The largest absolute Gasteiger partial charge is 0.501 e. The van der Waals surface area contributed by atoms with Gasteiger partial charge in [0.25, 0.3) is 0 Å². The van der Waals surface area contributed by atoms with E-state index in [1.807, 2.05) is 0 Å². The summed E-state index contributed by atoms with van der Waals surface area (Å²) < 4.78 is 0.